The summed E-state index contributed by atoms with van der Waals surface area (Å²) < 4.78 is 0. The van der Waals surface area contributed by atoms with Crippen molar-refractivity contribution in [1.29, 1.82) is 0 Å². The van der Waals surface area contributed by atoms with Crippen molar-refractivity contribution in [2.45, 2.75) is 38.6 Å². The van der Waals surface area contributed by atoms with Crippen LogP contribution < -0.4 is 0 Å². The van der Waals surface area contributed by atoms with E-state index in [4.69, 9.17) is 0 Å². The highest BCUT2D eigenvalue weighted by molar-refractivity contribution is 5.92. The molecule has 1 aromatic carbocycles. The maximum absolute atomic E-state index is 12.9. The van der Waals surface area contributed by atoms with Crippen LogP contribution in [0.1, 0.15) is 32.3 Å². The molecule has 2 bridgehead atoms. The van der Waals surface area contributed by atoms with Gasteiger partial charge in [0, 0.05) is 5.92 Å². The van der Waals surface area contributed by atoms with Crippen molar-refractivity contribution in [2.75, 3.05) is 13.1 Å². The van der Waals surface area contributed by atoms with Crippen LogP contribution in [0.2, 0.25) is 0 Å². The van der Waals surface area contributed by atoms with E-state index in [1.165, 1.54) is 5.56 Å². The van der Waals surface area contributed by atoms with E-state index in [0.29, 0.717) is 17.6 Å². The fourth-order valence-electron chi connectivity index (χ4n) is 4.01. The first-order valence-electron chi connectivity index (χ1n) is 7.48. The van der Waals surface area contributed by atoms with Gasteiger partial charge in [-0.2, -0.15) is 0 Å². The first-order valence-corrected chi connectivity index (χ1v) is 7.48. The summed E-state index contributed by atoms with van der Waals surface area (Å²) in [5, 5.41) is 0. The summed E-state index contributed by atoms with van der Waals surface area (Å²) in [6, 6.07) is 10.5. The van der Waals surface area contributed by atoms with Crippen LogP contribution >= 0.6 is 0 Å². The lowest BCUT2D eigenvalue weighted by atomic mass is 9.65. The highest BCUT2D eigenvalue weighted by Crippen LogP contribution is 2.42. The van der Waals surface area contributed by atoms with E-state index in [0.717, 1.165) is 32.4 Å². The lowest BCUT2D eigenvalue weighted by Crippen LogP contribution is -2.68. The Morgan fingerprint density at radius 2 is 1.84 bits per heavy atom. The largest absolute Gasteiger partial charge is 0.297 e. The molecular formula is C17H23NO. The molecule has 0 aromatic heterocycles. The summed E-state index contributed by atoms with van der Waals surface area (Å²) in [6.07, 6.45) is 3.02. The Hall–Kier alpha value is -1.15. The molecule has 0 saturated carbocycles. The van der Waals surface area contributed by atoms with Crippen molar-refractivity contribution in [3.63, 3.8) is 0 Å². The molecular weight excluding hydrogens is 234 g/mol. The van der Waals surface area contributed by atoms with Crippen LogP contribution in [-0.2, 0) is 11.2 Å². The molecule has 3 aliphatic rings. The van der Waals surface area contributed by atoms with Gasteiger partial charge in [0.25, 0.3) is 0 Å². The standard InChI is InChI=1S/C17H23NO/c1-13(2)17(12-14-6-4-3-5-7-14)16(19)15-8-10-18(17)11-9-15/h3-7,13,15H,8-12H2,1-2H3/t17-/m0/s1. The molecule has 0 unspecified atom stereocenters. The molecule has 0 radical (unpaired) electrons. The summed E-state index contributed by atoms with van der Waals surface area (Å²) in [5.41, 5.74) is 1.04. The molecule has 3 fully saturated rings. The third-order valence-corrected chi connectivity index (χ3v) is 5.13. The van der Waals surface area contributed by atoms with Gasteiger partial charge in [-0.15, -0.1) is 0 Å². The van der Waals surface area contributed by atoms with Gasteiger partial charge >= 0.3 is 0 Å². The molecule has 0 N–H and O–H groups in total. The van der Waals surface area contributed by atoms with Gasteiger partial charge in [0.2, 0.25) is 0 Å². The van der Waals surface area contributed by atoms with Crippen molar-refractivity contribution in [1.82, 2.24) is 4.90 Å². The molecule has 1 atom stereocenters. The number of benzene rings is 1. The van der Waals surface area contributed by atoms with E-state index in [1.54, 1.807) is 0 Å². The second-order valence-electron chi connectivity index (χ2n) is 6.37. The minimum absolute atomic E-state index is 0.247. The van der Waals surface area contributed by atoms with Crippen LogP contribution in [0, 0.1) is 11.8 Å². The van der Waals surface area contributed by atoms with E-state index in [1.807, 2.05) is 6.07 Å². The van der Waals surface area contributed by atoms with Gasteiger partial charge in [-0.1, -0.05) is 44.2 Å². The fourth-order valence-corrected chi connectivity index (χ4v) is 4.01. The number of hydrogen-bond donors (Lipinski definition) is 0. The Labute approximate surface area is 115 Å². The van der Waals surface area contributed by atoms with Gasteiger partial charge in [0.1, 0.15) is 0 Å². The van der Waals surface area contributed by atoms with Gasteiger partial charge in [-0.3, -0.25) is 9.69 Å². The smallest absolute Gasteiger partial charge is 0.156 e. The highest BCUT2D eigenvalue weighted by atomic mass is 16.1. The molecule has 1 aromatic rings. The average Bonchev–Trinajstić information content (AvgIpc) is 2.44. The zero-order valence-electron chi connectivity index (χ0n) is 11.9. The van der Waals surface area contributed by atoms with Crippen LogP contribution in [0.15, 0.2) is 30.3 Å². The van der Waals surface area contributed by atoms with Gasteiger partial charge in [0.05, 0.1) is 5.54 Å². The minimum atomic E-state index is -0.247. The second-order valence-corrected chi connectivity index (χ2v) is 6.37. The maximum Gasteiger partial charge on any atom is 0.156 e. The third-order valence-electron chi connectivity index (χ3n) is 5.13. The number of fused-ring (bicyclic) bond motifs is 3. The lowest BCUT2D eigenvalue weighted by Gasteiger charge is -2.55. The van der Waals surface area contributed by atoms with Crippen LogP contribution in [0.5, 0.6) is 0 Å². The molecule has 3 aliphatic heterocycles. The number of nitrogens with zero attached hydrogens (tertiary/aromatic N) is 1. The summed E-state index contributed by atoms with van der Waals surface area (Å²) in [6.45, 7) is 6.62. The van der Waals surface area contributed by atoms with Crippen molar-refractivity contribution in [3.8, 4) is 0 Å². The van der Waals surface area contributed by atoms with Crippen molar-refractivity contribution in [2.24, 2.45) is 11.8 Å². The Kier molecular flexibility index (Phi) is 3.22. The Balaban J connectivity index is 1.98. The quantitative estimate of drug-likeness (QED) is 0.830. The molecule has 3 saturated heterocycles. The van der Waals surface area contributed by atoms with Gasteiger partial charge < -0.3 is 0 Å². The minimum Gasteiger partial charge on any atom is -0.297 e. The monoisotopic (exact) mass is 257 g/mol. The summed E-state index contributed by atoms with van der Waals surface area (Å²) in [5.74, 6) is 1.20. The van der Waals surface area contributed by atoms with E-state index in [9.17, 15) is 4.79 Å². The van der Waals surface area contributed by atoms with Crippen LogP contribution in [0.3, 0.4) is 0 Å². The van der Waals surface area contributed by atoms with Crippen molar-refractivity contribution >= 4 is 5.78 Å². The Bertz CT molecular complexity index is 459. The first-order chi connectivity index (χ1) is 9.14. The van der Waals surface area contributed by atoms with E-state index < -0.39 is 0 Å². The Morgan fingerprint density at radius 1 is 1.21 bits per heavy atom. The number of hydrogen-bond acceptors (Lipinski definition) is 2. The number of piperidine rings is 3. The predicted molar refractivity (Wildman–Crippen MR) is 77.0 cm³/mol. The second kappa shape index (κ2) is 4.75. The lowest BCUT2D eigenvalue weighted by molar-refractivity contribution is -0.152. The Morgan fingerprint density at radius 3 is 2.37 bits per heavy atom. The number of carbonyl (C=O) groups excluding carboxylic acids is 1. The summed E-state index contributed by atoms with van der Waals surface area (Å²) in [7, 11) is 0. The molecule has 0 spiro atoms. The number of rotatable bonds is 3. The van der Waals surface area contributed by atoms with E-state index in [-0.39, 0.29) is 5.54 Å². The number of ketones is 1. The molecule has 0 aliphatic carbocycles. The van der Waals surface area contributed by atoms with Gasteiger partial charge in [0.15, 0.2) is 5.78 Å². The first kappa shape index (κ1) is 12.9. The van der Waals surface area contributed by atoms with Crippen molar-refractivity contribution in [3.05, 3.63) is 35.9 Å². The average molecular weight is 257 g/mol. The van der Waals surface area contributed by atoms with Crippen molar-refractivity contribution < 1.29 is 4.79 Å². The topological polar surface area (TPSA) is 20.3 Å². The predicted octanol–water partition coefficient (Wildman–Crippen LogP) is 2.92. The third kappa shape index (κ3) is 1.93. The van der Waals surface area contributed by atoms with Crippen LogP contribution in [-0.4, -0.2) is 29.3 Å². The number of carbonyl (C=O) groups is 1. The molecule has 2 nitrogen and oxygen atoms in total. The number of Topliss-reactive ketones (excluding diaryl/α,β-unsaturated/α-hetero) is 1. The van der Waals surface area contributed by atoms with Gasteiger partial charge in [-0.05, 0) is 43.8 Å². The van der Waals surface area contributed by atoms with Crippen LogP contribution in [0.4, 0.5) is 0 Å². The zero-order valence-corrected chi connectivity index (χ0v) is 11.9. The van der Waals surface area contributed by atoms with E-state index >= 15 is 0 Å². The molecule has 2 heteroatoms. The zero-order chi connectivity index (χ0) is 13.5. The highest BCUT2D eigenvalue weighted by Gasteiger charge is 2.54. The molecule has 102 valence electrons. The summed E-state index contributed by atoms with van der Waals surface area (Å²) >= 11 is 0. The van der Waals surface area contributed by atoms with E-state index in [2.05, 4.69) is 43.0 Å². The SMILES string of the molecule is CC(C)[C@@]1(Cc2ccccc2)C(=O)C2CCN1CC2. The molecule has 19 heavy (non-hydrogen) atoms. The van der Waals surface area contributed by atoms with Crippen LogP contribution in [0.25, 0.3) is 0 Å². The maximum atomic E-state index is 12.9. The normalized spacial score (nSPS) is 33.9. The fraction of sp³-hybridized carbons (Fsp3) is 0.588. The summed E-state index contributed by atoms with van der Waals surface area (Å²) in [4.78, 5) is 15.4. The van der Waals surface area contributed by atoms with Gasteiger partial charge in [-0.25, -0.2) is 0 Å². The molecule has 4 rings (SSSR count). The molecule has 3 heterocycles. The molecule has 0 amide bonds.